The average Bonchev–Trinajstić information content (AvgIpc) is 2.73. The molecular weight excluding hydrogens is 224 g/mol. The lowest BCUT2D eigenvalue weighted by atomic mass is 9.84. The SMILES string of the molecule is CC(C)n1ccc(NCCCC(C)(C)CCN)n1. The fourth-order valence-electron chi connectivity index (χ4n) is 2.02. The van der Waals surface area contributed by atoms with E-state index >= 15 is 0 Å². The molecule has 0 fully saturated rings. The summed E-state index contributed by atoms with van der Waals surface area (Å²) in [5.74, 6) is 0.973. The molecule has 0 unspecified atom stereocenters. The van der Waals surface area contributed by atoms with E-state index in [-0.39, 0.29) is 0 Å². The van der Waals surface area contributed by atoms with Crippen LogP contribution < -0.4 is 11.1 Å². The summed E-state index contributed by atoms with van der Waals surface area (Å²) in [5, 5.41) is 7.84. The van der Waals surface area contributed by atoms with Gasteiger partial charge in [0.1, 0.15) is 5.82 Å². The molecule has 4 heteroatoms. The molecule has 0 spiro atoms. The molecule has 1 aromatic rings. The normalized spacial score (nSPS) is 12.1. The summed E-state index contributed by atoms with van der Waals surface area (Å²) >= 11 is 0. The molecule has 0 aliphatic rings. The lowest BCUT2D eigenvalue weighted by Crippen LogP contribution is -2.18. The molecule has 0 radical (unpaired) electrons. The molecule has 1 rings (SSSR count). The van der Waals surface area contributed by atoms with Crippen molar-refractivity contribution >= 4 is 5.82 Å². The topological polar surface area (TPSA) is 55.9 Å². The van der Waals surface area contributed by atoms with Crippen LogP contribution in [0.4, 0.5) is 5.82 Å². The van der Waals surface area contributed by atoms with Crippen LogP contribution >= 0.6 is 0 Å². The van der Waals surface area contributed by atoms with Crippen molar-refractivity contribution in [3.05, 3.63) is 12.3 Å². The number of nitrogens with one attached hydrogen (secondary N) is 1. The molecule has 4 nitrogen and oxygen atoms in total. The summed E-state index contributed by atoms with van der Waals surface area (Å²) in [6.07, 6.45) is 5.46. The van der Waals surface area contributed by atoms with Gasteiger partial charge in [-0.2, -0.15) is 5.10 Å². The second-order valence-electron chi connectivity index (χ2n) is 6.01. The summed E-state index contributed by atoms with van der Waals surface area (Å²) < 4.78 is 1.97. The fraction of sp³-hybridized carbons (Fsp3) is 0.786. The molecule has 18 heavy (non-hydrogen) atoms. The van der Waals surface area contributed by atoms with E-state index in [0.717, 1.165) is 31.7 Å². The van der Waals surface area contributed by atoms with Gasteiger partial charge in [-0.15, -0.1) is 0 Å². The third-order valence-electron chi connectivity index (χ3n) is 3.29. The molecule has 0 atom stereocenters. The summed E-state index contributed by atoms with van der Waals surface area (Å²) in [7, 11) is 0. The second-order valence-corrected chi connectivity index (χ2v) is 6.01. The number of hydrogen-bond acceptors (Lipinski definition) is 3. The Morgan fingerprint density at radius 1 is 1.39 bits per heavy atom. The highest BCUT2D eigenvalue weighted by Crippen LogP contribution is 2.25. The third-order valence-corrected chi connectivity index (χ3v) is 3.29. The quantitative estimate of drug-likeness (QED) is 0.699. The van der Waals surface area contributed by atoms with E-state index < -0.39 is 0 Å². The van der Waals surface area contributed by atoms with Gasteiger partial charge in [-0.05, 0) is 45.1 Å². The predicted octanol–water partition coefficient (Wildman–Crippen LogP) is 3.03. The summed E-state index contributed by atoms with van der Waals surface area (Å²) in [6.45, 7) is 10.6. The Morgan fingerprint density at radius 3 is 2.67 bits per heavy atom. The first kappa shape index (κ1) is 15.0. The lowest BCUT2D eigenvalue weighted by molar-refractivity contribution is 0.308. The van der Waals surface area contributed by atoms with Crippen molar-refractivity contribution in [2.75, 3.05) is 18.4 Å². The largest absolute Gasteiger partial charge is 0.369 e. The van der Waals surface area contributed by atoms with Crippen LogP contribution in [0.5, 0.6) is 0 Å². The van der Waals surface area contributed by atoms with Gasteiger partial charge in [0.2, 0.25) is 0 Å². The molecule has 0 saturated heterocycles. The number of nitrogens with zero attached hydrogens (tertiary/aromatic N) is 2. The van der Waals surface area contributed by atoms with Gasteiger partial charge in [0.25, 0.3) is 0 Å². The molecular formula is C14H28N4. The third kappa shape index (κ3) is 5.08. The fourth-order valence-corrected chi connectivity index (χ4v) is 2.02. The standard InChI is InChI=1S/C14H28N4/c1-12(2)18-11-6-13(17-18)16-10-5-7-14(3,4)8-9-15/h6,11-12H,5,7-10,15H2,1-4H3,(H,16,17). The van der Waals surface area contributed by atoms with E-state index in [0.29, 0.717) is 11.5 Å². The van der Waals surface area contributed by atoms with E-state index in [2.05, 4.69) is 38.1 Å². The Morgan fingerprint density at radius 2 is 2.11 bits per heavy atom. The van der Waals surface area contributed by atoms with Gasteiger partial charge in [0.15, 0.2) is 0 Å². The summed E-state index contributed by atoms with van der Waals surface area (Å²) in [5.41, 5.74) is 5.97. The summed E-state index contributed by atoms with van der Waals surface area (Å²) in [6, 6.07) is 2.45. The highest BCUT2D eigenvalue weighted by Gasteiger charge is 2.15. The van der Waals surface area contributed by atoms with Crippen molar-refractivity contribution < 1.29 is 0 Å². The monoisotopic (exact) mass is 252 g/mol. The van der Waals surface area contributed by atoms with E-state index in [9.17, 15) is 0 Å². The molecule has 3 N–H and O–H groups in total. The number of nitrogens with two attached hydrogens (primary N) is 1. The van der Waals surface area contributed by atoms with E-state index in [1.165, 1.54) is 6.42 Å². The molecule has 0 bridgehead atoms. The maximum atomic E-state index is 5.61. The van der Waals surface area contributed by atoms with Crippen LogP contribution in [0, 0.1) is 5.41 Å². The van der Waals surface area contributed by atoms with E-state index in [4.69, 9.17) is 5.73 Å². The van der Waals surface area contributed by atoms with Gasteiger partial charge in [-0.3, -0.25) is 4.68 Å². The van der Waals surface area contributed by atoms with Crippen molar-refractivity contribution in [1.29, 1.82) is 0 Å². The molecule has 0 aliphatic heterocycles. The molecule has 0 amide bonds. The zero-order valence-electron chi connectivity index (χ0n) is 12.2. The number of rotatable bonds is 8. The highest BCUT2D eigenvalue weighted by atomic mass is 15.3. The average molecular weight is 252 g/mol. The van der Waals surface area contributed by atoms with Gasteiger partial charge >= 0.3 is 0 Å². The molecule has 1 aromatic heterocycles. The van der Waals surface area contributed by atoms with Crippen LogP contribution in [0.1, 0.15) is 53.0 Å². The van der Waals surface area contributed by atoms with Crippen LogP contribution in [-0.2, 0) is 0 Å². The van der Waals surface area contributed by atoms with Gasteiger partial charge in [0, 0.05) is 24.8 Å². The van der Waals surface area contributed by atoms with Crippen molar-refractivity contribution in [1.82, 2.24) is 9.78 Å². The van der Waals surface area contributed by atoms with E-state index in [1.54, 1.807) is 0 Å². The Kier molecular flexibility index (Phi) is 5.66. The first-order valence-electron chi connectivity index (χ1n) is 6.94. The van der Waals surface area contributed by atoms with Crippen LogP contribution in [0.3, 0.4) is 0 Å². The Hall–Kier alpha value is -1.03. The maximum absolute atomic E-state index is 5.61. The van der Waals surface area contributed by atoms with Crippen molar-refractivity contribution in [3.8, 4) is 0 Å². The predicted molar refractivity (Wildman–Crippen MR) is 77.8 cm³/mol. The highest BCUT2D eigenvalue weighted by molar-refractivity contribution is 5.31. The molecule has 0 aromatic carbocycles. The Balaban J connectivity index is 2.25. The first-order chi connectivity index (χ1) is 8.44. The van der Waals surface area contributed by atoms with Crippen LogP contribution in [0.25, 0.3) is 0 Å². The van der Waals surface area contributed by atoms with Crippen molar-refractivity contribution in [2.24, 2.45) is 11.1 Å². The zero-order chi connectivity index (χ0) is 13.6. The minimum absolute atomic E-state index is 0.355. The maximum Gasteiger partial charge on any atom is 0.147 e. The molecule has 104 valence electrons. The number of aromatic nitrogens is 2. The van der Waals surface area contributed by atoms with Crippen LogP contribution in [0.2, 0.25) is 0 Å². The van der Waals surface area contributed by atoms with Gasteiger partial charge in [0.05, 0.1) is 0 Å². The van der Waals surface area contributed by atoms with Crippen LogP contribution in [-0.4, -0.2) is 22.9 Å². The van der Waals surface area contributed by atoms with Crippen LogP contribution in [0.15, 0.2) is 12.3 Å². The molecule has 1 heterocycles. The van der Waals surface area contributed by atoms with Crippen molar-refractivity contribution in [3.63, 3.8) is 0 Å². The first-order valence-corrected chi connectivity index (χ1v) is 6.94. The lowest BCUT2D eigenvalue weighted by Gasteiger charge is -2.23. The molecule has 0 saturated carbocycles. The number of hydrogen-bond donors (Lipinski definition) is 2. The smallest absolute Gasteiger partial charge is 0.147 e. The number of anilines is 1. The van der Waals surface area contributed by atoms with Gasteiger partial charge in [-0.1, -0.05) is 13.8 Å². The van der Waals surface area contributed by atoms with Gasteiger partial charge in [-0.25, -0.2) is 0 Å². The Bertz CT molecular complexity index is 341. The minimum Gasteiger partial charge on any atom is -0.369 e. The second kappa shape index (κ2) is 6.78. The van der Waals surface area contributed by atoms with Crippen molar-refractivity contribution in [2.45, 2.75) is 53.0 Å². The zero-order valence-corrected chi connectivity index (χ0v) is 12.2. The van der Waals surface area contributed by atoms with Gasteiger partial charge < -0.3 is 11.1 Å². The van der Waals surface area contributed by atoms with E-state index in [1.807, 2.05) is 16.9 Å². The molecule has 0 aliphatic carbocycles. The minimum atomic E-state index is 0.355. The summed E-state index contributed by atoms with van der Waals surface area (Å²) in [4.78, 5) is 0. The Labute approximate surface area is 111 Å².